The maximum absolute atomic E-state index is 12.1. The minimum atomic E-state index is 0.107. The summed E-state index contributed by atoms with van der Waals surface area (Å²) in [5, 5.41) is 5.21. The Balaban J connectivity index is 2.15. The molecule has 3 heteroatoms. The molecule has 1 atom stereocenters. The standard InChI is InChI=1S/C14H20N2O/c1-9-7-10(2)13(11(3)8-9)16-14(17)12-5-4-6-15-12/h7-8,12,15H,4-6H2,1-3H3,(H,16,17)/p+1. The normalized spacial score (nSPS) is 19.4. The predicted octanol–water partition coefficient (Wildman–Crippen LogP) is 1.28. The highest BCUT2D eigenvalue weighted by Gasteiger charge is 2.26. The molecule has 92 valence electrons. The summed E-state index contributed by atoms with van der Waals surface area (Å²) in [7, 11) is 0. The van der Waals surface area contributed by atoms with Gasteiger partial charge in [0.2, 0.25) is 0 Å². The van der Waals surface area contributed by atoms with Gasteiger partial charge in [-0.2, -0.15) is 0 Å². The lowest BCUT2D eigenvalue weighted by Gasteiger charge is -2.14. The van der Waals surface area contributed by atoms with Crippen LogP contribution in [-0.4, -0.2) is 18.5 Å². The van der Waals surface area contributed by atoms with Gasteiger partial charge in [0.15, 0.2) is 6.04 Å². The topological polar surface area (TPSA) is 45.7 Å². The molecule has 0 aliphatic carbocycles. The molecule has 1 aromatic carbocycles. The number of quaternary nitrogens is 1. The van der Waals surface area contributed by atoms with E-state index in [-0.39, 0.29) is 11.9 Å². The van der Waals surface area contributed by atoms with Gasteiger partial charge in [-0.25, -0.2) is 0 Å². The van der Waals surface area contributed by atoms with Crippen molar-refractivity contribution in [3.8, 4) is 0 Å². The van der Waals surface area contributed by atoms with E-state index in [0.29, 0.717) is 0 Å². The second-order valence-electron chi connectivity index (χ2n) is 5.04. The van der Waals surface area contributed by atoms with Crippen molar-refractivity contribution in [2.24, 2.45) is 0 Å². The van der Waals surface area contributed by atoms with Gasteiger partial charge in [0.1, 0.15) is 0 Å². The summed E-state index contributed by atoms with van der Waals surface area (Å²) < 4.78 is 0. The van der Waals surface area contributed by atoms with Crippen LogP contribution in [0.4, 0.5) is 5.69 Å². The number of rotatable bonds is 2. The Morgan fingerprint density at radius 2 is 1.94 bits per heavy atom. The molecular weight excluding hydrogens is 212 g/mol. The smallest absolute Gasteiger partial charge is 0.282 e. The predicted molar refractivity (Wildman–Crippen MR) is 69.1 cm³/mol. The lowest BCUT2D eigenvalue weighted by Crippen LogP contribution is -2.88. The Labute approximate surface area is 103 Å². The van der Waals surface area contributed by atoms with Crippen molar-refractivity contribution < 1.29 is 10.1 Å². The molecule has 1 aliphatic rings. The Morgan fingerprint density at radius 1 is 1.29 bits per heavy atom. The lowest BCUT2D eigenvalue weighted by atomic mass is 10.0. The van der Waals surface area contributed by atoms with Gasteiger partial charge in [0, 0.05) is 18.5 Å². The first-order valence-electron chi connectivity index (χ1n) is 6.30. The maximum atomic E-state index is 12.1. The van der Waals surface area contributed by atoms with E-state index in [0.717, 1.165) is 36.2 Å². The molecule has 3 nitrogen and oxygen atoms in total. The summed E-state index contributed by atoms with van der Waals surface area (Å²) in [5.41, 5.74) is 4.52. The molecule has 0 spiro atoms. The number of carbonyl (C=O) groups excluding carboxylic acids is 1. The Hall–Kier alpha value is -1.35. The number of nitrogens with one attached hydrogen (secondary N) is 1. The molecule has 1 aromatic rings. The van der Waals surface area contributed by atoms with Crippen molar-refractivity contribution in [2.75, 3.05) is 11.9 Å². The van der Waals surface area contributed by atoms with Crippen LogP contribution in [0.2, 0.25) is 0 Å². The van der Waals surface area contributed by atoms with Crippen molar-refractivity contribution in [1.82, 2.24) is 0 Å². The van der Waals surface area contributed by atoms with E-state index in [1.807, 2.05) is 13.8 Å². The van der Waals surface area contributed by atoms with Crippen molar-refractivity contribution in [3.63, 3.8) is 0 Å². The van der Waals surface area contributed by atoms with Gasteiger partial charge in [-0.05, 0) is 31.9 Å². The molecule has 1 fully saturated rings. The highest BCUT2D eigenvalue weighted by Crippen LogP contribution is 2.22. The Morgan fingerprint density at radius 3 is 2.47 bits per heavy atom. The minimum absolute atomic E-state index is 0.107. The van der Waals surface area contributed by atoms with E-state index >= 15 is 0 Å². The third-order valence-electron chi connectivity index (χ3n) is 3.43. The number of aryl methyl sites for hydroxylation is 3. The molecule has 0 saturated carbocycles. The summed E-state index contributed by atoms with van der Waals surface area (Å²) in [4.78, 5) is 12.1. The fourth-order valence-corrected chi connectivity index (χ4v) is 2.61. The molecule has 0 radical (unpaired) electrons. The van der Waals surface area contributed by atoms with Gasteiger partial charge in [0.25, 0.3) is 5.91 Å². The minimum Gasteiger partial charge on any atom is -0.336 e. The fraction of sp³-hybridized carbons (Fsp3) is 0.500. The largest absolute Gasteiger partial charge is 0.336 e. The summed E-state index contributed by atoms with van der Waals surface area (Å²) in [6.07, 6.45) is 2.14. The number of nitrogens with two attached hydrogens (primary N) is 1. The Bertz CT molecular complexity index is 411. The number of hydrogen-bond donors (Lipinski definition) is 2. The number of carbonyl (C=O) groups is 1. The van der Waals surface area contributed by atoms with Gasteiger partial charge in [-0.1, -0.05) is 17.7 Å². The van der Waals surface area contributed by atoms with Crippen LogP contribution in [-0.2, 0) is 4.79 Å². The zero-order valence-electron chi connectivity index (χ0n) is 10.8. The average Bonchev–Trinajstić information content (AvgIpc) is 2.76. The molecule has 2 rings (SSSR count). The first kappa shape index (κ1) is 12.1. The van der Waals surface area contributed by atoms with Crippen molar-refractivity contribution in [1.29, 1.82) is 0 Å². The van der Waals surface area contributed by atoms with E-state index in [1.54, 1.807) is 0 Å². The van der Waals surface area contributed by atoms with Crippen LogP contribution in [0.5, 0.6) is 0 Å². The van der Waals surface area contributed by atoms with Gasteiger partial charge < -0.3 is 10.6 Å². The molecule has 0 bridgehead atoms. The number of hydrogen-bond acceptors (Lipinski definition) is 1. The molecule has 1 aliphatic heterocycles. The van der Waals surface area contributed by atoms with Gasteiger partial charge in [0.05, 0.1) is 6.54 Å². The highest BCUT2D eigenvalue weighted by molar-refractivity contribution is 5.95. The zero-order valence-corrected chi connectivity index (χ0v) is 10.8. The number of anilines is 1. The van der Waals surface area contributed by atoms with E-state index in [9.17, 15) is 4.79 Å². The first-order chi connectivity index (χ1) is 8.08. The van der Waals surface area contributed by atoms with E-state index in [1.165, 1.54) is 5.56 Å². The third-order valence-corrected chi connectivity index (χ3v) is 3.43. The molecule has 17 heavy (non-hydrogen) atoms. The molecular formula is C14H21N2O+. The lowest BCUT2D eigenvalue weighted by molar-refractivity contribution is -0.656. The third kappa shape index (κ3) is 2.67. The molecule has 1 amide bonds. The van der Waals surface area contributed by atoms with Crippen LogP contribution in [0.3, 0.4) is 0 Å². The second kappa shape index (κ2) is 4.88. The Kier molecular flexibility index (Phi) is 3.48. The summed E-state index contributed by atoms with van der Waals surface area (Å²) in [6, 6.07) is 4.33. The van der Waals surface area contributed by atoms with E-state index in [4.69, 9.17) is 0 Å². The van der Waals surface area contributed by atoms with Crippen LogP contribution in [0.25, 0.3) is 0 Å². The van der Waals surface area contributed by atoms with E-state index in [2.05, 4.69) is 29.7 Å². The molecule has 1 saturated heterocycles. The fourth-order valence-electron chi connectivity index (χ4n) is 2.61. The number of amides is 1. The maximum Gasteiger partial charge on any atom is 0.282 e. The highest BCUT2D eigenvalue weighted by atomic mass is 16.2. The molecule has 1 heterocycles. The number of benzene rings is 1. The monoisotopic (exact) mass is 233 g/mol. The van der Waals surface area contributed by atoms with Crippen molar-refractivity contribution in [2.45, 2.75) is 39.7 Å². The average molecular weight is 233 g/mol. The zero-order chi connectivity index (χ0) is 12.4. The second-order valence-corrected chi connectivity index (χ2v) is 5.04. The summed E-state index contributed by atoms with van der Waals surface area (Å²) in [6.45, 7) is 7.25. The van der Waals surface area contributed by atoms with Crippen LogP contribution in [0.1, 0.15) is 29.5 Å². The van der Waals surface area contributed by atoms with Crippen LogP contribution in [0, 0.1) is 20.8 Å². The molecule has 3 N–H and O–H groups in total. The first-order valence-corrected chi connectivity index (χ1v) is 6.30. The van der Waals surface area contributed by atoms with Crippen molar-refractivity contribution >= 4 is 11.6 Å². The van der Waals surface area contributed by atoms with Crippen LogP contribution < -0.4 is 10.6 Å². The SMILES string of the molecule is Cc1cc(C)c(NC(=O)C2CCC[NH2+]2)c(C)c1. The summed E-state index contributed by atoms with van der Waals surface area (Å²) >= 11 is 0. The quantitative estimate of drug-likeness (QED) is 0.794. The van der Waals surface area contributed by atoms with Gasteiger partial charge >= 0.3 is 0 Å². The van der Waals surface area contributed by atoms with Crippen molar-refractivity contribution in [3.05, 3.63) is 28.8 Å². The van der Waals surface area contributed by atoms with Crippen LogP contribution in [0.15, 0.2) is 12.1 Å². The van der Waals surface area contributed by atoms with Gasteiger partial charge in [-0.3, -0.25) is 4.79 Å². The molecule has 0 aromatic heterocycles. The van der Waals surface area contributed by atoms with E-state index < -0.39 is 0 Å². The summed E-state index contributed by atoms with van der Waals surface area (Å²) in [5.74, 6) is 0.151. The molecule has 1 unspecified atom stereocenters. The van der Waals surface area contributed by atoms with Crippen LogP contribution >= 0.6 is 0 Å². The van der Waals surface area contributed by atoms with Gasteiger partial charge in [-0.15, -0.1) is 0 Å².